The molecule has 3 N–H and O–H groups in total. The molecule has 0 bridgehead atoms. The van der Waals surface area contributed by atoms with Gasteiger partial charge in [0, 0.05) is 0 Å². The first-order chi connectivity index (χ1) is 13.0. The number of rotatable bonds is 6. The summed E-state index contributed by atoms with van der Waals surface area (Å²) in [6, 6.07) is 8.28. The van der Waals surface area contributed by atoms with Gasteiger partial charge in [-0.05, 0) is 12.1 Å². The van der Waals surface area contributed by atoms with E-state index in [1.165, 1.54) is 26.2 Å². The second kappa shape index (κ2) is 9.10. The Morgan fingerprint density at radius 1 is 1.11 bits per heavy atom. The van der Waals surface area contributed by atoms with E-state index in [1.54, 1.807) is 12.1 Å². The van der Waals surface area contributed by atoms with E-state index in [2.05, 4.69) is 0 Å². The zero-order valence-electron chi connectivity index (χ0n) is 15.4. The molecule has 2 saturated heterocycles. The number of sulfonamides is 1. The minimum Gasteiger partial charge on any atom is -0.382 e. The van der Waals surface area contributed by atoms with Gasteiger partial charge in [-0.1, -0.05) is 12.1 Å². The van der Waals surface area contributed by atoms with E-state index in [0.717, 1.165) is 26.3 Å². The van der Waals surface area contributed by atoms with Crippen LogP contribution in [0.3, 0.4) is 0 Å². The molecule has 0 aromatic heterocycles. The first-order valence-electron chi connectivity index (χ1n) is 9.43. The van der Waals surface area contributed by atoms with Crippen molar-refractivity contribution in [1.29, 1.82) is 5.26 Å². The summed E-state index contributed by atoms with van der Waals surface area (Å²) in [5.41, 5.74) is 0.177. The molecule has 3 rings (SSSR count). The Morgan fingerprint density at radius 3 is 2.33 bits per heavy atom. The summed E-state index contributed by atoms with van der Waals surface area (Å²) < 4.78 is 32.5. The third kappa shape index (κ3) is 5.04. The van der Waals surface area contributed by atoms with Crippen LogP contribution in [0, 0.1) is 11.3 Å². The summed E-state index contributed by atoms with van der Waals surface area (Å²) >= 11 is 0. The molecule has 2 aliphatic heterocycles. The van der Waals surface area contributed by atoms with Crippen molar-refractivity contribution in [1.82, 2.24) is 4.31 Å². The molecule has 2 aliphatic rings. The maximum Gasteiger partial charge on any atom is 0.244 e. The van der Waals surface area contributed by atoms with E-state index in [0.29, 0.717) is 39.3 Å². The molecule has 1 aromatic rings. The molecule has 1 atom stereocenters. The second-order valence-corrected chi connectivity index (χ2v) is 9.09. The first kappa shape index (κ1) is 20.2. The molecule has 2 fully saturated rings. The summed E-state index contributed by atoms with van der Waals surface area (Å²) in [7, 11) is -3.66. The zero-order chi connectivity index (χ0) is 19.3. The van der Waals surface area contributed by atoms with E-state index in [9.17, 15) is 18.8 Å². The first-order valence-corrected chi connectivity index (χ1v) is 10.9. The number of nitrogens with one attached hydrogen (secondary N) is 2. The molecule has 148 valence electrons. The summed E-state index contributed by atoms with van der Waals surface area (Å²) in [6.07, 6.45) is -0.393. The number of aliphatic hydroxyl groups is 1. The van der Waals surface area contributed by atoms with Crippen LogP contribution in [0.25, 0.3) is 0 Å². The second-order valence-electron chi connectivity index (χ2n) is 7.19. The van der Waals surface area contributed by atoms with Gasteiger partial charge in [-0.15, -0.1) is 0 Å². The summed E-state index contributed by atoms with van der Waals surface area (Å²) in [5.74, 6) is 0. The molecule has 0 amide bonds. The Kier molecular flexibility index (Phi) is 6.81. The minimum absolute atomic E-state index is 0.0758. The number of nitriles is 1. The number of nitrogens with zero attached hydrogens (tertiary/aromatic N) is 2. The summed E-state index contributed by atoms with van der Waals surface area (Å²) in [6.45, 7) is 6.80. The summed E-state index contributed by atoms with van der Waals surface area (Å²) in [4.78, 5) is 2.66. The van der Waals surface area contributed by atoms with E-state index in [1.807, 2.05) is 6.07 Å². The molecule has 0 saturated carbocycles. The number of ether oxygens (including phenoxy) is 1. The molecule has 0 unspecified atom stereocenters. The lowest BCUT2D eigenvalue weighted by atomic mass is 10.2. The lowest BCUT2D eigenvalue weighted by molar-refractivity contribution is -0.930. The molecule has 8 nitrogen and oxygen atoms in total. The number of aliphatic hydroxyl groups excluding tert-OH is 1. The lowest BCUT2D eigenvalue weighted by Gasteiger charge is -2.33. The highest BCUT2D eigenvalue weighted by Crippen LogP contribution is 2.19. The minimum atomic E-state index is -3.66. The standard InChI is InChI=1S/C18H26N4O4S/c19-13-16-3-1-2-4-18(16)27(24,25)22-7-5-20(6-8-22)14-17(23)15-21-9-11-26-12-10-21/h1-4,17,23H,5-12,14-15H2/p+2/t17-/m0/s1. The van der Waals surface area contributed by atoms with Gasteiger partial charge < -0.3 is 19.6 Å². The van der Waals surface area contributed by atoms with Gasteiger partial charge in [-0.25, -0.2) is 8.42 Å². The largest absolute Gasteiger partial charge is 0.382 e. The van der Waals surface area contributed by atoms with Gasteiger partial charge in [0.2, 0.25) is 10.0 Å². The fourth-order valence-corrected chi connectivity index (χ4v) is 5.36. The van der Waals surface area contributed by atoms with Crippen LogP contribution in [0.2, 0.25) is 0 Å². The Labute approximate surface area is 160 Å². The highest BCUT2D eigenvalue weighted by molar-refractivity contribution is 7.89. The van der Waals surface area contributed by atoms with Crippen molar-refractivity contribution in [2.75, 3.05) is 65.6 Å². The normalized spacial score (nSPS) is 21.6. The number of quaternary nitrogens is 2. The van der Waals surface area contributed by atoms with Gasteiger partial charge in [0.15, 0.2) is 6.10 Å². The Morgan fingerprint density at radius 2 is 1.70 bits per heavy atom. The van der Waals surface area contributed by atoms with Crippen molar-refractivity contribution in [3.63, 3.8) is 0 Å². The van der Waals surface area contributed by atoms with Crippen molar-refractivity contribution in [3.8, 4) is 6.07 Å². The predicted octanol–water partition coefficient (Wildman–Crippen LogP) is -3.28. The van der Waals surface area contributed by atoms with Gasteiger partial charge in [-0.2, -0.15) is 9.57 Å². The average molecular weight is 397 g/mol. The van der Waals surface area contributed by atoms with Gasteiger partial charge in [-0.3, -0.25) is 0 Å². The van der Waals surface area contributed by atoms with Gasteiger partial charge in [0.05, 0.1) is 49.9 Å². The van der Waals surface area contributed by atoms with Crippen LogP contribution in [0.15, 0.2) is 29.2 Å². The van der Waals surface area contributed by atoms with Gasteiger partial charge in [0.25, 0.3) is 0 Å². The third-order valence-corrected chi connectivity index (χ3v) is 7.26. The Hall–Kier alpha value is -1.54. The van der Waals surface area contributed by atoms with Gasteiger partial charge >= 0.3 is 0 Å². The van der Waals surface area contributed by atoms with Crippen molar-refractivity contribution in [3.05, 3.63) is 29.8 Å². The fourth-order valence-electron chi connectivity index (χ4n) is 3.77. The smallest absolute Gasteiger partial charge is 0.244 e. The molecule has 0 aliphatic carbocycles. The predicted molar refractivity (Wildman–Crippen MR) is 97.9 cm³/mol. The zero-order valence-corrected chi connectivity index (χ0v) is 16.2. The molecule has 9 heteroatoms. The van der Waals surface area contributed by atoms with Crippen LogP contribution in [0.4, 0.5) is 0 Å². The molecule has 2 heterocycles. The van der Waals surface area contributed by atoms with Crippen LogP contribution in [-0.2, 0) is 14.8 Å². The number of benzene rings is 1. The van der Waals surface area contributed by atoms with Crippen LogP contribution >= 0.6 is 0 Å². The van der Waals surface area contributed by atoms with Crippen LogP contribution in [-0.4, -0.2) is 89.5 Å². The molecular weight excluding hydrogens is 368 g/mol. The van der Waals surface area contributed by atoms with Crippen molar-refractivity contribution in [2.45, 2.75) is 11.0 Å². The number of hydrogen-bond acceptors (Lipinski definition) is 5. The highest BCUT2D eigenvalue weighted by atomic mass is 32.2. The maximum absolute atomic E-state index is 12.9. The van der Waals surface area contributed by atoms with Crippen molar-refractivity contribution >= 4 is 10.0 Å². The summed E-state index contributed by atoms with van der Waals surface area (Å²) in [5, 5.41) is 19.6. The number of morpholine rings is 1. The van der Waals surface area contributed by atoms with Crippen LogP contribution in [0.1, 0.15) is 5.56 Å². The molecule has 27 heavy (non-hydrogen) atoms. The van der Waals surface area contributed by atoms with Crippen molar-refractivity contribution < 1.29 is 28.1 Å². The van der Waals surface area contributed by atoms with Crippen molar-refractivity contribution in [2.24, 2.45) is 0 Å². The van der Waals surface area contributed by atoms with E-state index in [-0.39, 0.29) is 10.5 Å². The van der Waals surface area contributed by atoms with Crippen LogP contribution in [0.5, 0.6) is 0 Å². The van der Waals surface area contributed by atoms with Gasteiger partial charge in [0.1, 0.15) is 32.2 Å². The van der Waals surface area contributed by atoms with E-state index >= 15 is 0 Å². The van der Waals surface area contributed by atoms with E-state index < -0.39 is 16.1 Å². The SMILES string of the molecule is N#Cc1ccccc1S(=O)(=O)N1CC[NH+](C[C@H](O)C[NH+]2CCOCC2)CC1. The molecule has 0 radical (unpaired) electrons. The number of piperazine rings is 1. The average Bonchev–Trinajstić information content (AvgIpc) is 2.69. The monoisotopic (exact) mass is 396 g/mol. The molecular formula is C18H28N4O4S+2. The number of hydrogen-bond donors (Lipinski definition) is 3. The maximum atomic E-state index is 12.9. The fraction of sp³-hybridized carbons (Fsp3) is 0.611. The topological polar surface area (TPSA) is 99.5 Å². The lowest BCUT2D eigenvalue weighted by Crippen LogP contribution is -3.19. The van der Waals surface area contributed by atoms with Crippen LogP contribution < -0.4 is 9.80 Å². The Bertz CT molecular complexity index is 766. The molecule has 0 spiro atoms. The van der Waals surface area contributed by atoms with E-state index in [4.69, 9.17) is 4.74 Å². The molecule has 1 aromatic carbocycles. The quantitative estimate of drug-likeness (QED) is 0.469. The highest BCUT2D eigenvalue weighted by Gasteiger charge is 2.33. The Balaban J connectivity index is 1.53. The third-order valence-electron chi connectivity index (χ3n) is 5.30.